The monoisotopic (exact) mass is 434 g/mol. The van der Waals surface area contributed by atoms with E-state index in [1.54, 1.807) is 36.4 Å². The molecular formula is C24H22N2O4S. The van der Waals surface area contributed by atoms with Crippen molar-refractivity contribution in [2.75, 3.05) is 11.9 Å². The summed E-state index contributed by atoms with van der Waals surface area (Å²) in [5.41, 5.74) is 3.48. The minimum absolute atomic E-state index is 0.0842. The summed E-state index contributed by atoms with van der Waals surface area (Å²) >= 11 is 0. The van der Waals surface area contributed by atoms with Gasteiger partial charge in [-0.1, -0.05) is 49.7 Å². The average molecular weight is 435 g/mol. The van der Waals surface area contributed by atoms with E-state index in [0.717, 1.165) is 24.0 Å². The Morgan fingerprint density at radius 2 is 1.61 bits per heavy atom. The Labute approximate surface area is 181 Å². The van der Waals surface area contributed by atoms with Crippen molar-refractivity contribution in [2.45, 2.75) is 24.7 Å². The van der Waals surface area contributed by atoms with Crippen LogP contribution in [0.3, 0.4) is 0 Å². The van der Waals surface area contributed by atoms with Crippen LogP contribution in [-0.4, -0.2) is 26.7 Å². The zero-order valence-electron chi connectivity index (χ0n) is 17.0. The molecule has 3 aromatic rings. The summed E-state index contributed by atoms with van der Waals surface area (Å²) in [6.45, 7) is 2.34. The van der Waals surface area contributed by atoms with Crippen molar-refractivity contribution >= 4 is 27.4 Å². The fourth-order valence-corrected chi connectivity index (χ4v) is 4.70. The molecule has 0 heterocycles. The second-order valence-corrected chi connectivity index (χ2v) is 9.14. The van der Waals surface area contributed by atoms with E-state index in [9.17, 15) is 18.0 Å². The number of hydrogen-bond acceptors (Lipinski definition) is 4. The lowest BCUT2D eigenvalue weighted by molar-refractivity contribution is 0.102. The summed E-state index contributed by atoms with van der Waals surface area (Å²) in [5, 5.41) is 2.72. The molecule has 0 aromatic heterocycles. The highest BCUT2D eigenvalue weighted by atomic mass is 32.2. The molecule has 4 rings (SSSR count). The number of carbonyl (C=O) groups excluding carboxylic acids is 2. The molecule has 1 amide bonds. The smallest absolute Gasteiger partial charge is 0.255 e. The summed E-state index contributed by atoms with van der Waals surface area (Å²) in [7, 11) is -3.65. The Hall–Kier alpha value is -3.29. The summed E-state index contributed by atoms with van der Waals surface area (Å²) in [5.74, 6) is -0.522. The molecule has 0 fully saturated rings. The van der Waals surface area contributed by atoms with Crippen molar-refractivity contribution in [3.63, 3.8) is 0 Å². The summed E-state index contributed by atoms with van der Waals surface area (Å²) in [4.78, 5) is 25.5. The Kier molecular flexibility index (Phi) is 5.71. The molecule has 1 aliphatic carbocycles. The number of benzene rings is 3. The maximum absolute atomic E-state index is 12.8. The van der Waals surface area contributed by atoms with Crippen LogP contribution in [0.1, 0.15) is 46.0 Å². The van der Waals surface area contributed by atoms with E-state index in [0.29, 0.717) is 28.9 Å². The van der Waals surface area contributed by atoms with Gasteiger partial charge in [0.15, 0.2) is 5.78 Å². The van der Waals surface area contributed by atoms with Gasteiger partial charge in [-0.3, -0.25) is 9.59 Å². The molecule has 0 bridgehead atoms. The first-order valence-electron chi connectivity index (χ1n) is 10.1. The molecule has 0 atom stereocenters. The summed E-state index contributed by atoms with van der Waals surface area (Å²) in [6, 6.07) is 18.5. The van der Waals surface area contributed by atoms with Crippen LogP contribution >= 0.6 is 0 Å². The normalized spacial score (nSPS) is 12.4. The highest BCUT2D eigenvalue weighted by Gasteiger charge is 2.27. The Bertz CT molecular complexity index is 1280. The van der Waals surface area contributed by atoms with E-state index < -0.39 is 15.9 Å². The third-order valence-corrected chi connectivity index (χ3v) is 6.67. The SMILES string of the molecule is CCCCNS(=O)(=O)c1cccc(NC(=O)c2ccc3c(c2)C(=O)c2ccccc2-3)c1. The van der Waals surface area contributed by atoms with Crippen LogP contribution in [0.15, 0.2) is 71.6 Å². The standard InChI is InChI=1S/C24H22N2O4S/c1-2-3-13-25-31(29,30)18-8-6-7-17(15-18)26-24(28)16-11-12-20-19-9-4-5-10-21(19)23(27)22(20)14-16/h4-12,14-15,25H,2-3,13H2,1H3,(H,26,28). The number of hydrogen-bond donors (Lipinski definition) is 2. The highest BCUT2D eigenvalue weighted by Crippen LogP contribution is 2.36. The van der Waals surface area contributed by atoms with E-state index >= 15 is 0 Å². The predicted molar refractivity (Wildman–Crippen MR) is 120 cm³/mol. The van der Waals surface area contributed by atoms with E-state index in [-0.39, 0.29) is 10.7 Å². The van der Waals surface area contributed by atoms with E-state index in [1.165, 1.54) is 12.1 Å². The lowest BCUT2D eigenvalue weighted by atomic mass is 10.0. The van der Waals surface area contributed by atoms with Gasteiger partial charge in [-0.05, 0) is 47.9 Å². The van der Waals surface area contributed by atoms with Crippen molar-refractivity contribution in [2.24, 2.45) is 0 Å². The number of ketones is 1. The maximum Gasteiger partial charge on any atom is 0.255 e. The minimum atomic E-state index is -3.65. The fourth-order valence-electron chi connectivity index (χ4n) is 3.58. The molecule has 0 aliphatic heterocycles. The number of amides is 1. The van der Waals surface area contributed by atoms with Crippen molar-refractivity contribution in [1.82, 2.24) is 4.72 Å². The summed E-state index contributed by atoms with van der Waals surface area (Å²) < 4.78 is 27.4. The number of fused-ring (bicyclic) bond motifs is 3. The molecule has 0 spiro atoms. The van der Waals surface area contributed by atoms with E-state index in [1.807, 2.05) is 25.1 Å². The quantitative estimate of drug-likeness (QED) is 0.426. The van der Waals surface area contributed by atoms with E-state index in [4.69, 9.17) is 0 Å². The number of unbranched alkanes of at least 4 members (excludes halogenated alkanes) is 1. The molecule has 3 aromatic carbocycles. The molecule has 6 nitrogen and oxygen atoms in total. The first kappa shape index (κ1) is 21.0. The number of rotatable bonds is 7. The lowest BCUT2D eigenvalue weighted by Gasteiger charge is -2.10. The fraction of sp³-hybridized carbons (Fsp3) is 0.167. The first-order valence-corrected chi connectivity index (χ1v) is 11.6. The maximum atomic E-state index is 12.8. The van der Waals surface area contributed by atoms with Crippen molar-refractivity contribution in [1.29, 1.82) is 0 Å². The van der Waals surface area contributed by atoms with Crippen molar-refractivity contribution in [3.05, 3.63) is 83.4 Å². The van der Waals surface area contributed by atoms with Crippen LogP contribution in [0.4, 0.5) is 5.69 Å². The molecule has 1 aliphatic rings. The van der Waals surface area contributed by atoms with Gasteiger partial charge in [0.2, 0.25) is 10.0 Å². The zero-order valence-corrected chi connectivity index (χ0v) is 17.8. The van der Waals surface area contributed by atoms with E-state index in [2.05, 4.69) is 10.0 Å². The van der Waals surface area contributed by atoms with Gasteiger partial charge in [0.25, 0.3) is 5.91 Å². The molecule has 0 unspecified atom stereocenters. The second kappa shape index (κ2) is 8.45. The largest absolute Gasteiger partial charge is 0.322 e. The molecule has 0 saturated carbocycles. The van der Waals surface area contributed by atoms with Gasteiger partial charge in [-0.15, -0.1) is 0 Å². The third-order valence-electron chi connectivity index (χ3n) is 5.21. The van der Waals surface area contributed by atoms with Crippen molar-refractivity contribution in [3.8, 4) is 11.1 Å². The van der Waals surface area contributed by atoms with Crippen LogP contribution in [0.25, 0.3) is 11.1 Å². The molecular weight excluding hydrogens is 412 g/mol. The molecule has 2 N–H and O–H groups in total. The zero-order chi connectivity index (χ0) is 22.0. The highest BCUT2D eigenvalue weighted by molar-refractivity contribution is 7.89. The third kappa shape index (κ3) is 4.15. The lowest BCUT2D eigenvalue weighted by Crippen LogP contribution is -2.24. The van der Waals surface area contributed by atoms with Crippen LogP contribution in [0.2, 0.25) is 0 Å². The molecule has 0 radical (unpaired) electrons. The van der Waals surface area contributed by atoms with Crippen molar-refractivity contribution < 1.29 is 18.0 Å². The molecule has 0 saturated heterocycles. The van der Waals surface area contributed by atoms with Gasteiger partial charge < -0.3 is 5.32 Å². The van der Waals surface area contributed by atoms with Gasteiger partial charge in [0, 0.05) is 28.9 Å². The Morgan fingerprint density at radius 1 is 0.871 bits per heavy atom. The number of nitrogens with one attached hydrogen (secondary N) is 2. The summed E-state index contributed by atoms with van der Waals surface area (Å²) in [6.07, 6.45) is 1.63. The van der Waals surface area contributed by atoms with Crippen LogP contribution in [0.5, 0.6) is 0 Å². The van der Waals surface area contributed by atoms with Crippen LogP contribution < -0.4 is 10.0 Å². The Morgan fingerprint density at radius 3 is 2.39 bits per heavy atom. The second-order valence-electron chi connectivity index (χ2n) is 7.37. The van der Waals surface area contributed by atoms with Crippen LogP contribution in [0, 0.1) is 0 Å². The molecule has 31 heavy (non-hydrogen) atoms. The minimum Gasteiger partial charge on any atom is -0.322 e. The average Bonchev–Trinajstić information content (AvgIpc) is 3.06. The van der Waals surface area contributed by atoms with Gasteiger partial charge in [-0.2, -0.15) is 0 Å². The van der Waals surface area contributed by atoms with Gasteiger partial charge >= 0.3 is 0 Å². The molecule has 7 heteroatoms. The first-order chi connectivity index (χ1) is 14.9. The van der Waals surface area contributed by atoms with Crippen LogP contribution in [-0.2, 0) is 10.0 Å². The van der Waals surface area contributed by atoms with Gasteiger partial charge in [0.05, 0.1) is 4.90 Å². The molecule has 158 valence electrons. The van der Waals surface area contributed by atoms with Gasteiger partial charge in [0.1, 0.15) is 0 Å². The Balaban J connectivity index is 1.54. The predicted octanol–water partition coefficient (Wildman–Crippen LogP) is 4.23. The van der Waals surface area contributed by atoms with Gasteiger partial charge in [-0.25, -0.2) is 13.1 Å². The number of anilines is 1. The number of carbonyl (C=O) groups is 2. The number of sulfonamides is 1. The topological polar surface area (TPSA) is 92.3 Å².